The lowest BCUT2D eigenvalue weighted by Crippen LogP contribution is -2.28. The minimum atomic E-state index is -0.0259. The zero-order chi connectivity index (χ0) is 11.7. The summed E-state index contributed by atoms with van der Waals surface area (Å²) in [5, 5.41) is 3.48. The Morgan fingerprint density at radius 1 is 1.62 bits per heavy atom. The Labute approximate surface area is 99.4 Å². The topological polar surface area (TPSA) is 58.4 Å². The fourth-order valence-corrected chi connectivity index (χ4v) is 3.25. The number of nitrogen functional groups attached to an aromatic ring is 1. The number of hydrogen-bond donors (Lipinski definition) is 2. The molecule has 0 radical (unpaired) electrons. The predicted molar refractivity (Wildman–Crippen MR) is 66.8 cm³/mol. The maximum atomic E-state index is 11.9. The van der Waals surface area contributed by atoms with Crippen LogP contribution in [0.2, 0.25) is 0 Å². The van der Waals surface area contributed by atoms with Crippen molar-refractivity contribution in [3.8, 4) is 0 Å². The zero-order valence-corrected chi connectivity index (χ0v) is 10.5. The molecule has 0 aromatic carbocycles. The maximum Gasteiger partial charge on any atom is 0.254 e. The molecule has 0 fully saturated rings. The van der Waals surface area contributed by atoms with Crippen LogP contribution < -0.4 is 11.1 Å². The number of nitrogens with zero attached hydrogens (tertiary/aromatic N) is 1. The fourth-order valence-electron chi connectivity index (χ4n) is 2.05. The van der Waals surface area contributed by atoms with Crippen molar-refractivity contribution in [2.24, 2.45) is 0 Å². The molecule has 1 aliphatic heterocycles. The number of amides is 1. The summed E-state index contributed by atoms with van der Waals surface area (Å²) in [4.78, 5) is 15.4. The number of likely N-dealkylation sites (N-methyl/N-ethyl adjacent to an activating group) is 1. The van der Waals surface area contributed by atoms with Gasteiger partial charge in [0, 0.05) is 24.5 Å². The number of fused-ring (bicyclic) bond motifs is 1. The molecule has 2 rings (SSSR count). The van der Waals surface area contributed by atoms with Gasteiger partial charge in [0.15, 0.2) is 0 Å². The van der Waals surface area contributed by atoms with Gasteiger partial charge in [-0.15, -0.1) is 11.3 Å². The predicted octanol–water partition coefficient (Wildman–Crippen LogP) is 1.07. The Morgan fingerprint density at radius 2 is 2.38 bits per heavy atom. The monoisotopic (exact) mass is 239 g/mol. The highest BCUT2D eigenvalue weighted by Gasteiger charge is 2.25. The zero-order valence-electron chi connectivity index (χ0n) is 9.67. The van der Waals surface area contributed by atoms with Gasteiger partial charge in [0.2, 0.25) is 0 Å². The molecular weight excluding hydrogens is 222 g/mol. The standard InChI is InChI=1S/C11H17N3OS/c1-3-13-11(15)9-7-4-5-14(2)6-8(7)16-10(9)12/h3-6,12H2,1-2H3,(H,13,15). The summed E-state index contributed by atoms with van der Waals surface area (Å²) in [7, 11) is 2.09. The van der Waals surface area contributed by atoms with Crippen LogP contribution in [0.5, 0.6) is 0 Å². The normalized spacial score (nSPS) is 15.9. The Hall–Kier alpha value is -1.07. The maximum absolute atomic E-state index is 11.9. The molecule has 4 nitrogen and oxygen atoms in total. The van der Waals surface area contributed by atoms with Gasteiger partial charge in [0.25, 0.3) is 5.91 Å². The van der Waals surface area contributed by atoms with E-state index < -0.39 is 0 Å². The van der Waals surface area contributed by atoms with Gasteiger partial charge in [0.1, 0.15) is 0 Å². The largest absolute Gasteiger partial charge is 0.390 e. The van der Waals surface area contributed by atoms with Crippen molar-refractivity contribution in [1.82, 2.24) is 10.2 Å². The average Bonchev–Trinajstić information content (AvgIpc) is 2.53. The second kappa shape index (κ2) is 4.43. The molecule has 2 heterocycles. The second-order valence-electron chi connectivity index (χ2n) is 4.09. The van der Waals surface area contributed by atoms with Crippen LogP contribution in [0.1, 0.15) is 27.7 Å². The molecule has 16 heavy (non-hydrogen) atoms. The second-order valence-corrected chi connectivity index (χ2v) is 5.23. The molecule has 3 N–H and O–H groups in total. The first kappa shape index (κ1) is 11.4. The van der Waals surface area contributed by atoms with E-state index in [9.17, 15) is 4.79 Å². The number of anilines is 1. The number of hydrogen-bond acceptors (Lipinski definition) is 4. The van der Waals surface area contributed by atoms with Crippen LogP contribution in [-0.2, 0) is 13.0 Å². The van der Waals surface area contributed by atoms with Gasteiger partial charge in [-0.2, -0.15) is 0 Å². The minimum Gasteiger partial charge on any atom is -0.390 e. The first-order valence-electron chi connectivity index (χ1n) is 5.50. The molecule has 0 saturated carbocycles. The van der Waals surface area contributed by atoms with E-state index in [1.807, 2.05) is 6.92 Å². The molecule has 0 atom stereocenters. The highest BCUT2D eigenvalue weighted by atomic mass is 32.1. The number of nitrogens with two attached hydrogens (primary N) is 1. The molecule has 0 saturated heterocycles. The summed E-state index contributed by atoms with van der Waals surface area (Å²) in [6, 6.07) is 0. The van der Waals surface area contributed by atoms with E-state index in [0.717, 1.165) is 30.6 Å². The summed E-state index contributed by atoms with van der Waals surface area (Å²) >= 11 is 1.55. The summed E-state index contributed by atoms with van der Waals surface area (Å²) in [5.74, 6) is -0.0259. The first-order valence-corrected chi connectivity index (χ1v) is 6.31. The summed E-state index contributed by atoms with van der Waals surface area (Å²) < 4.78 is 0. The fraction of sp³-hybridized carbons (Fsp3) is 0.545. The third kappa shape index (κ3) is 1.92. The Kier molecular flexibility index (Phi) is 3.16. The van der Waals surface area contributed by atoms with Gasteiger partial charge < -0.3 is 16.0 Å². The molecular formula is C11H17N3OS. The van der Waals surface area contributed by atoms with E-state index in [-0.39, 0.29) is 5.91 Å². The minimum absolute atomic E-state index is 0.0259. The van der Waals surface area contributed by atoms with Crippen LogP contribution >= 0.6 is 11.3 Å². The molecule has 0 spiro atoms. The molecule has 88 valence electrons. The van der Waals surface area contributed by atoms with Crippen molar-refractivity contribution >= 4 is 22.2 Å². The van der Waals surface area contributed by atoms with Crippen molar-refractivity contribution in [2.75, 3.05) is 25.9 Å². The third-order valence-corrected chi connectivity index (χ3v) is 3.89. The van der Waals surface area contributed by atoms with Crippen LogP contribution in [0.15, 0.2) is 0 Å². The highest BCUT2D eigenvalue weighted by Crippen LogP contribution is 2.34. The molecule has 0 aliphatic carbocycles. The smallest absolute Gasteiger partial charge is 0.254 e. The summed E-state index contributed by atoms with van der Waals surface area (Å²) in [6.45, 7) is 4.46. The quantitative estimate of drug-likeness (QED) is 0.811. The van der Waals surface area contributed by atoms with Crippen molar-refractivity contribution in [1.29, 1.82) is 0 Å². The summed E-state index contributed by atoms with van der Waals surface area (Å²) in [5.41, 5.74) is 7.81. The van der Waals surface area contributed by atoms with Crippen molar-refractivity contribution in [3.05, 3.63) is 16.0 Å². The van der Waals surface area contributed by atoms with Gasteiger partial charge in [0.05, 0.1) is 10.6 Å². The lowest BCUT2D eigenvalue weighted by atomic mass is 10.0. The Balaban J connectivity index is 2.35. The SMILES string of the molecule is CCNC(=O)c1c(N)sc2c1CCN(C)C2. The van der Waals surface area contributed by atoms with E-state index in [4.69, 9.17) is 5.73 Å². The van der Waals surface area contributed by atoms with Gasteiger partial charge in [-0.05, 0) is 26.0 Å². The van der Waals surface area contributed by atoms with Crippen LogP contribution in [-0.4, -0.2) is 30.9 Å². The van der Waals surface area contributed by atoms with E-state index >= 15 is 0 Å². The number of nitrogens with one attached hydrogen (secondary N) is 1. The lowest BCUT2D eigenvalue weighted by molar-refractivity contribution is 0.0955. The molecule has 1 aromatic rings. The number of carbonyl (C=O) groups excluding carboxylic acids is 1. The average molecular weight is 239 g/mol. The number of rotatable bonds is 2. The van der Waals surface area contributed by atoms with Crippen LogP contribution in [0.3, 0.4) is 0 Å². The van der Waals surface area contributed by atoms with E-state index in [1.54, 1.807) is 11.3 Å². The molecule has 1 aliphatic rings. The van der Waals surface area contributed by atoms with Crippen molar-refractivity contribution in [2.45, 2.75) is 19.9 Å². The highest BCUT2D eigenvalue weighted by molar-refractivity contribution is 7.16. The van der Waals surface area contributed by atoms with E-state index in [1.165, 1.54) is 4.88 Å². The van der Waals surface area contributed by atoms with E-state index in [2.05, 4.69) is 17.3 Å². The molecule has 5 heteroatoms. The molecule has 0 unspecified atom stereocenters. The molecule has 1 amide bonds. The van der Waals surface area contributed by atoms with Crippen LogP contribution in [0, 0.1) is 0 Å². The van der Waals surface area contributed by atoms with Gasteiger partial charge >= 0.3 is 0 Å². The number of carbonyl (C=O) groups is 1. The van der Waals surface area contributed by atoms with E-state index in [0.29, 0.717) is 11.5 Å². The molecule has 1 aromatic heterocycles. The van der Waals surface area contributed by atoms with Gasteiger partial charge in [-0.3, -0.25) is 4.79 Å². The van der Waals surface area contributed by atoms with Crippen LogP contribution in [0.25, 0.3) is 0 Å². The molecule has 0 bridgehead atoms. The third-order valence-electron chi connectivity index (χ3n) is 2.84. The Morgan fingerprint density at radius 3 is 3.06 bits per heavy atom. The van der Waals surface area contributed by atoms with Crippen LogP contribution in [0.4, 0.5) is 5.00 Å². The van der Waals surface area contributed by atoms with Crippen molar-refractivity contribution in [3.63, 3.8) is 0 Å². The lowest BCUT2D eigenvalue weighted by Gasteiger charge is -2.22. The van der Waals surface area contributed by atoms with Gasteiger partial charge in [-0.1, -0.05) is 0 Å². The van der Waals surface area contributed by atoms with Crippen molar-refractivity contribution < 1.29 is 4.79 Å². The first-order chi connectivity index (χ1) is 7.63. The van der Waals surface area contributed by atoms with Gasteiger partial charge in [-0.25, -0.2) is 0 Å². The Bertz CT molecular complexity index is 414. The summed E-state index contributed by atoms with van der Waals surface area (Å²) in [6.07, 6.45) is 0.923. The number of thiophene rings is 1.